The molecule has 1 N–H and O–H groups in total. The lowest BCUT2D eigenvalue weighted by molar-refractivity contribution is 0.0152. The van der Waals surface area contributed by atoms with Gasteiger partial charge >= 0.3 is 0 Å². The number of hydrogen-bond acceptors (Lipinski definition) is 3. The summed E-state index contributed by atoms with van der Waals surface area (Å²) < 4.78 is 0. The molecule has 1 aromatic rings. The van der Waals surface area contributed by atoms with Crippen molar-refractivity contribution < 1.29 is 5.11 Å². The Morgan fingerprint density at radius 1 is 1.31 bits per heavy atom. The molecule has 2 saturated heterocycles. The van der Waals surface area contributed by atoms with E-state index in [0.29, 0.717) is 10.5 Å². The number of nitrogens with zero attached hydrogens (tertiary/aromatic N) is 1. The van der Waals surface area contributed by atoms with Gasteiger partial charge in [-0.25, -0.2) is 0 Å². The zero-order chi connectivity index (χ0) is 11.2. The Balaban J connectivity index is 1.93. The second-order valence-electron chi connectivity index (χ2n) is 5.06. The van der Waals surface area contributed by atoms with Crippen molar-refractivity contribution in [2.75, 3.05) is 0 Å². The maximum absolute atomic E-state index is 10.8. The van der Waals surface area contributed by atoms with Crippen molar-refractivity contribution in [1.82, 2.24) is 4.98 Å². The van der Waals surface area contributed by atoms with E-state index in [1.54, 1.807) is 0 Å². The van der Waals surface area contributed by atoms with Crippen molar-refractivity contribution >= 4 is 11.8 Å². The Bertz CT molecular complexity index is 395. The molecule has 2 aliphatic rings. The minimum atomic E-state index is -0.664. The number of aryl methyl sites for hydroxylation is 1. The van der Waals surface area contributed by atoms with Gasteiger partial charge in [0, 0.05) is 16.2 Å². The van der Waals surface area contributed by atoms with Crippen molar-refractivity contribution in [3.8, 4) is 0 Å². The van der Waals surface area contributed by atoms with E-state index in [0.717, 1.165) is 24.2 Å². The number of hydrogen-bond donors (Lipinski definition) is 1. The normalized spacial score (nSPS) is 37.6. The number of thioether (sulfide) groups is 1. The van der Waals surface area contributed by atoms with Gasteiger partial charge in [0.15, 0.2) is 0 Å². The topological polar surface area (TPSA) is 33.1 Å². The first-order valence-electron chi connectivity index (χ1n) is 5.98. The van der Waals surface area contributed by atoms with Gasteiger partial charge < -0.3 is 5.11 Å². The fourth-order valence-corrected chi connectivity index (χ4v) is 4.76. The van der Waals surface area contributed by atoms with Crippen LogP contribution in [0.4, 0.5) is 0 Å². The minimum absolute atomic E-state index is 0.645. The van der Waals surface area contributed by atoms with Crippen LogP contribution >= 0.6 is 11.8 Å². The molecule has 0 aliphatic carbocycles. The standard InChI is InChI=1S/C13H17NOS/c1-9-3-2-4-12(14-9)13(15)7-10-5-6-11(8-13)16-10/h2-4,10-11,15H,5-8H2,1H3. The van der Waals surface area contributed by atoms with Crippen LogP contribution in [0.15, 0.2) is 18.2 Å². The third-order valence-corrected chi connectivity index (χ3v) is 5.27. The molecule has 0 saturated carbocycles. The third kappa shape index (κ3) is 1.76. The second-order valence-corrected chi connectivity index (χ2v) is 6.67. The highest BCUT2D eigenvalue weighted by Gasteiger charge is 2.45. The van der Waals surface area contributed by atoms with Gasteiger partial charge in [0.2, 0.25) is 0 Å². The molecule has 0 spiro atoms. The number of aliphatic hydroxyl groups is 1. The number of fused-ring (bicyclic) bond motifs is 2. The van der Waals surface area contributed by atoms with Crippen LogP contribution in [0.25, 0.3) is 0 Å². The van der Waals surface area contributed by atoms with Crippen molar-refractivity contribution in [2.24, 2.45) is 0 Å². The summed E-state index contributed by atoms with van der Waals surface area (Å²) in [6, 6.07) is 5.96. The van der Waals surface area contributed by atoms with E-state index in [9.17, 15) is 5.11 Å². The Morgan fingerprint density at radius 2 is 2.00 bits per heavy atom. The molecule has 2 atom stereocenters. The van der Waals surface area contributed by atoms with E-state index in [1.165, 1.54) is 12.8 Å². The van der Waals surface area contributed by atoms with Crippen molar-refractivity contribution in [3.63, 3.8) is 0 Å². The monoisotopic (exact) mass is 235 g/mol. The molecule has 3 heterocycles. The molecular weight excluding hydrogens is 218 g/mol. The molecule has 2 aliphatic heterocycles. The van der Waals surface area contributed by atoms with Gasteiger partial charge in [-0.3, -0.25) is 4.98 Å². The molecule has 1 aromatic heterocycles. The summed E-state index contributed by atoms with van der Waals surface area (Å²) in [6.45, 7) is 1.99. The van der Waals surface area contributed by atoms with E-state index < -0.39 is 5.60 Å². The van der Waals surface area contributed by atoms with Crippen LogP contribution in [0.5, 0.6) is 0 Å². The smallest absolute Gasteiger partial charge is 0.109 e. The molecule has 86 valence electrons. The van der Waals surface area contributed by atoms with Gasteiger partial charge in [0.25, 0.3) is 0 Å². The zero-order valence-corrected chi connectivity index (χ0v) is 10.3. The van der Waals surface area contributed by atoms with E-state index in [-0.39, 0.29) is 0 Å². The van der Waals surface area contributed by atoms with Crippen molar-refractivity contribution in [3.05, 3.63) is 29.6 Å². The van der Waals surface area contributed by atoms with Gasteiger partial charge in [0.05, 0.1) is 5.69 Å². The lowest BCUT2D eigenvalue weighted by Gasteiger charge is -2.35. The van der Waals surface area contributed by atoms with Crippen LogP contribution in [-0.2, 0) is 5.60 Å². The van der Waals surface area contributed by atoms with Gasteiger partial charge in [-0.05, 0) is 44.7 Å². The molecule has 0 aromatic carbocycles. The Morgan fingerprint density at radius 3 is 2.62 bits per heavy atom. The minimum Gasteiger partial charge on any atom is -0.383 e. The lowest BCUT2D eigenvalue weighted by atomic mass is 9.89. The summed E-state index contributed by atoms with van der Waals surface area (Å²) in [5.74, 6) is 0. The zero-order valence-electron chi connectivity index (χ0n) is 9.52. The summed E-state index contributed by atoms with van der Waals surface area (Å²) in [5.41, 5.74) is 1.21. The van der Waals surface area contributed by atoms with Gasteiger partial charge in [-0.1, -0.05) is 6.07 Å². The molecule has 3 rings (SSSR count). The van der Waals surface area contributed by atoms with E-state index >= 15 is 0 Å². The van der Waals surface area contributed by atoms with Crippen LogP contribution in [0.2, 0.25) is 0 Å². The Labute approximate surface area is 100 Å². The number of aromatic nitrogens is 1. The molecule has 2 unspecified atom stereocenters. The molecule has 0 amide bonds. The molecule has 2 fully saturated rings. The first-order valence-corrected chi connectivity index (χ1v) is 6.92. The second kappa shape index (κ2) is 3.74. The molecule has 2 nitrogen and oxygen atoms in total. The maximum atomic E-state index is 10.8. The van der Waals surface area contributed by atoms with E-state index in [2.05, 4.69) is 16.7 Å². The maximum Gasteiger partial charge on any atom is 0.109 e. The van der Waals surface area contributed by atoms with Crippen LogP contribution in [0.3, 0.4) is 0 Å². The van der Waals surface area contributed by atoms with Gasteiger partial charge in [-0.2, -0.15) is 11.8 Å². The summed E-state index contributed by atoms with van der Waals surface area (Å²) in [6.07, 6.45) is 4.29. The van der Waals surface area contributed by atoms with Crippen molar-refractivity contribution in [1.29, 1.82) is 0 Å². The molecule has 2 bridgehead atoms. The number of pyridine rings is 1. The lowest BCUT2D eigenvalue weighted by Crippen LogP contribution is -2.35. The first-order chi connectivity index (χ1) is 7.66. The quantitative estimate of drug-likeness (QED) is 0.812. The van der Waals surface area contributed by atoms with Gasteiger partial charge in [-0.15, -0.1) is 0 Å². The highest BCUT2D eigenvalue weighted by Crippen LogP contribution is 2.50. The highest BCUT2D eigenvalue weighted by atomic mass is 32.2. The summed E-state index contributed by atoms with van der Waals surface area (Å²) in [7, 11) is 0. The van der Waals surface area contributed by atoms with Crippen LogP contribution in [-0.4, -0.2) is 20.6 Å². The summed E-state index contributed by atoms with van der Waals surface area (Å²) in [5, 5.41) is 12.1. The molecular formula is C13H17NOS. The fourth-order valence-electron chi connectivity index (χ4n) is 2.93. The van der Waals surface area contributed by atoms with Crippen molar-refractivity contribution in [2.45, 2.75) is 48.7 Å². The molecule has 0 radical (unpaired) electrons. The van der Waals surface area contributed by atoms with Crippen LogP contribution in [0, 0.1) is 6.92 Å². The van der Waals surface area contributed by atoms with E-state index in [4.69, 9.17) is 0 Å². The predicted molar refractivity (Wildman–Crippen MR) is 66.5 cm³/mol. The predicted octanol–water partition coefficient (Wildman–Crippen LogP) is 2.64. The van der Waals surface area contributed by atoms with Crippen LogP contribution in [0.1, 0.15) is 37.1 Å². The molecule has 3 heteroatoms. The molecule has 16 heavy (non-hydrogen) atoms. The largest absolute Gasteiger partial charge is 0.383 e. The Hall–Kier alpha value is -0.540. The SMILES string of the molecule is Cc1cccc(C2(O)CC3CCC(C2)S3)n1. The fraction of sp³-hybridized carbons (Fsp3) is 0.615. The summed E-state index contributed by atoms with van der Waals surface area (Å²) >= 11 is 2.07. The number of rotatable bonds is 1. The third-order valence-electron chi connectivity index (χ3n) is 3.69. The van der Waals surface area contributed by atoms with Gasteiger partial charge in [0.1, 0.15) is 5.60 Å². The van der Waals surface area contributed by atoms with Crippen LogP contribution < -0.4 is 0 Å². The average molecular weight is 235 g/mol. The summed E-state index contributed by atoms with van der Waals surface area (Å²) in [4.78, 5) is 4.51. The Kier molecular flexibility index (Phi) is 2.48. The first kappa shape index (κ1) is 10.6. The van der Waals surface area contributed by atoms with E-state index in [1.807, 2.05) is 25.1 Å². The average Bonchev–Trinajstić information content (AvgIpc) is 2.59. The highest BCUT2D eigenvalue weighted by molar-refractivity contribution is 8.00.